The molecule has 0 aliphatic heterocycles. The van der Waals surface area contributed by atoms with Crippen LogP contribution in [0.25, 0.3) is 0 Å². The third-order valence-electron chi connectivity index (χ3n) is 11.2. The van der Waals surface area contributed by atoms with Gasteiger partial charge in [-0.15, -0.1) is 0 Å². The molecule has 0 unspecified atom stereocenters. The third kappa shape index (κ3) is 20.9. The maximum atomic E-state index is 11.0. The van der Waals surface area contributed by atoms with Crippen molar-refractivity contribution in [1.29, 1.82) is 0 Å². The van der Waals surface area contributed by atoms with Crippen molar-refractivity contribution in [2.75, 3.05) is 13.2 Å². The van der Waals surface area contributed by atoms with E-state index < -0.39 is 9.76 Å². The zero-order valence-corrected chi connectivity index (χ0v) is 35.4. The molecular formula is C47H82O3Si. The topological polar surface area (TPSA) is 38.7 Å². The van der Waals surface area contributed by atoms with Crippen LogP contribution >= 0.6 is 0 Å². The van der Waals surface area contributed by atoms with Crippen molar-refractivity contribution in [1.82, 2.24) is 0 Å². The second kappa shape index (κ2) is 31.7. The minimum absolute atomic E-state index is 0.344. The fourth-order valence-corrected chi connectivity index (χ4v) is 8.64. The number of rotatable bonds is 36. The van der Waals surface area contributed by atoms with E-state index in [0.717, 1.165) is 44.0 Å². The normalized spacial score (nSPS) is 11.9. The first-order valence-electron chi connectivity index (χ1n) is 22.3. The van der Waals surface area contributed by atoms with Crippen molar-refractivity contribution in [3.8, 4) is 11.5 Å². The van der Waals surface area contributed by atoms with Crippen molar-refractivity contribution >= 4 is 9.76 Å². The Hall–Kier alpha value is -1.78. The smallest absolute Gasteiger partial charge is 0.171 e. The van der Waals surface area contributed by atoms with Crippen molar-refractivity contribution in [3.05, 3.63) is 59.7 Å². The summed E-state index contributed by atoms with van der Waals surface area (Å²) < 4.78 is 12.5. The van der Waals surface area contributed by atoms with Gasteiger partial charge in [-0.2, -0.15) is 0 Å². The van der Waals surface area contributed by atoms with Gasteiger partial charge in [0.2, 0.25) is 0 Å². The zero-order valence-electron chi connectivity index (χ0n) is 34.0. The average Bonchev–Trinajstić information content (AvgIpc) is 3.16. The standard InChI is InChI=1S/C47H82O3Si/c1-4-7-9-11-13-15-17-19-21-23-25-27-29-31-39-49-45-37-33-35-43(41-45)47(6-3,51-48)44-36-34-38-46(42-44)50-40-32-30-28-26-24-22-20-18-16-14-12-10-8-5-2/h33-38,41-42,48H,4-32,39-40,51H2,1-3H3. The second-order valence-electron chi connectivity index (χ2n) is 15.5. The molecule has 0 aliphatic carbocycles. The highest BCUT2D eigenvalue weighted by molar-refractivity contribution is 6.32. The molecule has 51 heavy (non-hydrogen) atoms. The minimum atomic E-state index is -1.41. The molecule has 0 bridgehead atoms. The van der Waals surface area contributed by atoms with Gasteiger partial charge in [-0.05, 0) is 54.7 Å². The van der Waals surface area contributed by atoms with Crippen molar-refractivity contribution in [2.24, 2.45) is 0 Å². The Kier molecular flexibility index (Phi) is 28.2. The van der Waals surface area contributed by atoms with Gasteiger partial charge < -0.3 is 14.3 Å². The molecule has 0 heterocycles. The lowest BCUT2D eigenvalue weighted by Crippen LogP contribution is -2.34. The molecule has 0 spiro atoms. The number of ether oxygens (including phenoxy) is 2. The van der Waals surface area contributed by atoms with Crippen LogP contribution < -0.4 is 9.47 Å². The maximum Gasteiger partial charge on any atom is 0.171 e. The molecule has 1 N–H and O–H groups in total. The molecule has 0 atom stereocenters. The zero-order chi connectivity index (χ0) is 36.5. The highest BCUT2D eigenvalue weighted by atomic mass is 28.2. The quantitative estimate of drug-likeness (QED) is 0.0562. The molecule has 2 aromatic carbocycles. The van der Waals surface area contributed by atoms with Gasteiger partial charge in [-0.3, -0.25) is 0 Å². The van der Waals surface area contributed by atoms with E-state index in [9.17, 15) is 4.80 Å². The van der Waals surface area contributed by atoms with Crippen molar-refractivity contribution in [3.63, 3.8) is 0 Å². The third-order valence-corrected chi connectivity index (χ3v) is 13.0. The van der Waals surface area contributed by atoms with E-state index in [-0.39, 0.29) is 5.04 Å². The molecule has 0 saturated heterocycles. The highest BCUT2D eigenvalue weighted by Gasteiger charge is 2.33. The molecule has 0 amide bonds. The van der Waals surface area contributed by atoms with E-state index in [1.807, 2.05) is 0 Å². The Morgan fingerprint density at radius 3 is 1.00 bits per heavy atom. The van der Waals surface area contributed by atoms with Gasteiger partial charge in [0.15, 0.2) is 9.76 Å². The Bertz CT molecular complexity index is 972. The fourth-order valence-electron chi connectivity index (χ4n) is 7.61. The molecular weight excluding hydrogens is 641 g/mol. The predicted octanol–water partition coefficient (Wildman–Crippen LogP) is 14.1. The lowest BCUT2D eigenvalue weighted by Gasteiger charge is -2.32. The summed E-state index contributed by atoms with van der Waals surface area (Å²) in [5, 5.41) is -0.344. The van der Waals surface area contributed by atoms with Crippen molar-refractivity contribution < 1.29 is 14.3 Å². The van der Waals surface area contributed by atoms with Crippen LogP contribution in [-0.4, -0.2) is 27.8 Å². The molecule has 2 rings (SSSR count). The molecule has 4 heteroatoms. The van der Waals surface area contributed by atoms with Crippen molar-refractivity contribution in [2.45, 2.75) is 212 Å². The Balaban J connectivity index is 1.64. The Morgan fingerprint density at radius 1 is 0.431 bits per heavy atom. The average molecular weight is 723 g/mol. The summed E-state index contributed by atoms with van der Waals surface area (Å²) in [6.45, 7) is 8.31. The van der Waals surface area contributed by atoms with E-state index in [0.29, 0.717) is 0 Å². The van der Waals surface area contributed by atoms with Gasteiger partial charge in [0.1, 0.15) is 11.5 Å². The van der Waals surface area contributed by atoms with Crippen LogP contribution in [0, 0.1) is 0 Å². The molecule has 292 valence electrons. The molecule has 0 saturated carbocycles. The first-order valence-corrected chi connectivity index (χ1v) is 23.6. The first-order chi connectivity index (χ1) is 25.2. The SMILES string of the molecule is CCCCCCCCCCCCCCCCOc1cccc(C(CC)([SiH2]O)c2cccc(OCCCCCCCCCCCCCCCC)c2)c1. The van der Waals surface area contributed by atoms with Crippen LogP contribution in [0.5, 0.6) is 11.5 Å². The van der Waals surface area contributed by atoms with Crippen LogP contribution in [0.1, 0.15) is 218 Å². The fraction of sp³-hybridized carbons (Fsp3) is 0.745. The summed E-state index contributed by atoms with van der Waals surface area (Å²) in [6, 6.07) is 17.0. The minimum Gasteiger partial charge on any atom is -0.494 e. The van der Waals surface area contributed by atoms with Gasteiger partial charge in [-0.25, -0.2) is 0 Å². The van der Waals surface area contributed by atoms with Crippen LogP contribution in [0.15, 0.2) is 48.5 Å². The summed E-state index contributed by atoms with van der Waals surface area (Å²) in [7, 11) is -1.41. The highest BCUT2D eigenvalue weighted by Crippen LogP contribution is 2.37. The van der Waals surface area contributed by atoms with Crippen LogP contribution in [0.4, 0.5) is 0 Å². The molecule has 0 aliphatic rings. The van der Waals surface area contributed by atoms with Crippen LogP contribution in [0.3, 0.4) is 0 Å². The molecule has 2 aromatic rings. The lowest BCUT2D eigenvalue weighted by atomic mass is 9.87. The molecule has 0 aromatic heterocycles. The second-order valence-corrected chi connectivity index (χ2v) is 17.1. The molecule has 0 fully saturated rings. The van der Waals surface area contributed by atoms with E-state index in [1.54, 1.807) is 0 Å². The van der Waals surface area contributed by atoms with E-state index in [1.165, 1.54) is 178 Å². The maximum absolute atomic E-state index is 11.0. The van der Waals surface area contributed by atoms with Gasteiger partial charge in [0, 0.05) is 5.04 Å². The predicted molar refractivity (Wildman–Crippen MR) is 226 cm³/mol. The van der Waals surface area contributed by atoms with Gasteiger partial charge in [0.05, 0.1) is 13.2 Å². The monoisotopic (exact) mass is 723 g/mol. The van der Waals surface area contributed by atoms with Crippen LogP contribution in [0.2, 0.25) is 0 Å². The largest absolute Gasteiger partial charge is 0.494 e. The van der Waals surface area contributed by atoms with E-state index >= 15 is 0 Å². The van der Waals surface area contributed by atoms with E-state index in [4.69, 9.17) is 9.47 Å². The summed E-state index contributed by atoms with van der Waals surface area (Å²) in [5.41, 5.74) is 2.34. The number of hydrogen-bond donors (Lipinski definition) is 1. The summed E-state index contributed by atoms with van der Waals surface area (Å²) in [6.07, 6.45) is 39.1. The summed E-state index contributed by atoms with van der Waals surface area (Å²) in [5.74, 6) is 1.85. The van der Waals surface area contributed by atoms with Gasteiger partial charge in [0.25, 0.3) is 0 Å². The first kappa shape index (κ1) is 45.4. The van der Waals surface area contributed by atoms with Gasteiger partial charge >= 0.3 is 0 Å². The summed E-state index contributed by atoms with van der Waals surface area (Å²) >= 11 is 0. The summed E-state index contributed by atoms with van der Waals surface area (Å²) in [4.78, 5) is 11.0. The number of benzene rings is 2. The van der Waals surface area contributed by atoms with E-state index in [2.05, 4.69) is 69.3 Å². The van der Waals surface area contributed by atoms with Gasteiger partial charge in [-0.1, -0.05) is 212 Å². The Morgan fingerprint density at radius 2 is 0.725 bits per heavy atom. The molecule has 0 radical (unpaired) electrons. The number of unbranched alkanes of at least 4 members (excludes halogenated alkanes) is 26. The lowest BCUT2D eigenvalue weighted by molar-refractivity contribution is 0.303. The molecule has 3 nitrogen and oxygen atoms in total. The number of hydrogen-bond acceptors (Lipinski definition) is 3. The van der Waals surface area contributed by atoms with Crippen LogP contribution in [-0.2, 0) is 5.04 Å². The Labute approximate surface area is 319 Å².